The fourth-order valence-corrected chi connectivity index (χ4v) is 2.33. The Bertz CT molecular complexity index is 239. The van der Waals surface area contributed by atoms with Gasteiger partial charge in [-0.1, -0.05) is 6.92 Å². The maximum atomic E-state index is 12.9. The second kappa shape index (κ2) is 4.47. The van der Waals surface area contributed by atoms with E-state index in [2.05, 4.69) is 12.2 Å². The van der Waals surface area contributed by atoms with Crippen LogP contribution in [0.15, 0.2) is 0 Å². The smallest absolute Gasteiger partial charge is 0.239 e. The molecule has 1 amide bonds. The molecule has 2 fully saturated rings. The molecule has 2 aliphatic heterocycles. The van der Waals surface area contributed by atoms with Gasteiger partial charge in [0, 0.05) is 26.1 Å². The second-order valence-electron chi connectivity index (χ2n) is 4.80. The standard InChI is InChI=1S/C11H19FN2O/c1-8-2-4-14(5-3-8)11(15)10-6-9(12)7-13-10/h8-10,13H,2-7H2,1H3/t9-,10+/m1/s1. The Kier molecular flexibility index (Phi) is 3.24. The van der Waals surface area contributed by atoms with Crippen molar-refractivity contribution in [2.24, 2.45) is 5.92 Å². The minimum Gasteiger partial charge on any atom is -0.341 e. The van der Waals surface area contributed by atoms with Crippen molar-refractivity contribution in [2.45, 2.75) is 38.4 Å². The number of carbonyl (C=O) groups is 1. The number of piperidine rings is 1. The molecule has 0 aromatic carbocycles. The van der Waals surface area contributed by atoms with Crippen molar-refractivity contribution in [1.29, 1.82) is 0 Å². The average molecular weight is 214 g/mol. The molecule has 0 radical (unpaired) electrons. The molecule has 3 nitrogen and oxygen atoms in total. The summed E-state index contributed by atoms with van der Waals surface area (Å²) in [6.45, 7) is 4.23. The molecule has 0 spiro atoms. The van der Waals surface area contributed by atoms with Gasteiger partial charge >= 0.3 is 0 Å². The van der Waals surface area contributed by atoms with Gasteiger partial charge in [0.25, 0.3) is 0 Å². The molecule has 4 heteroatoms. The largest absolute Gasteiger partial charge is 0.341 e. The van der Waals surface area contributed by atoms with E-state index >= 15 is 0 Å². The Labute approximate surface area is 90.0 Å². The molecule has 1 N–H and O–H groups in total. The summed E-state index contributed by atoms with van der Waals surface area (Å²) in [5, 5.41) is 2.95. The van der Waals surface area contributed by atoms with Gasteiger partial charge in [-0.3, -0.25) is 4.79 Å². The van der Waals surface area contributed by atoms with Crippen LogP contribution in [0.2, 0.25) is 0 Å². The van der Waals surface area contributed by atoms with Gasteiger partial charge in [0.05, 0.1) is 6.04 Å². The lowest BCUT2D eigenvalue weighted by Crippen LogP contribution is -2.46. The Hall–Kier alpha value is -0.640. The number of halogens is 1. The van der Waals surface area contributed by atoms with E-state index in [1.165, 1.54) is 0 Å². The number of alkyl halides is 1. The van der Waals surface area contributed by atoms with E-state index in [1.54, 1.807) is 0 Å². The fourth-order valence-electron chi connectivity index (χ4n) is 2.33. The average Bonchev–Trinajstić information content (AvgIpc) is 2.65. The van der Waals surface area contributed by atoms with Crippen molar-refractivity contribution in [3.8, 4) is 0 Å². The molecule has 15 heavy (non-hydrogen) atoms. The topological polar surface area (TPSA) is 32.3 Å². The molecule has 2 atom stereocenters. The van der Waals surface area contributed by atoms with Crippen LogP contribution in [0, 0.1) is 5.92 Å². The van der Waals surface area contributed by atoms with Crippen LogP contribution in [0.25, 0.3) is 0 Å². The van der Waals surface area contributed by atoms with Crippen LogP contribution >= 0.6 is 0 Å². The van der Waals surface area contributed by atoms with Crippen molar-refractivity contribution in [1.82, 2.24) is 10.2 Å². The highest BCUT2D eigenvalue weighted by atomic mass is 19.1. The van der Waals surface area contributed by atoms with Crippen molar-refractivity contribution in [3.63, 3.8) is 0 Å². The molecule has 0 saturated carbocycles. The van der Waals surface area contributed by atoms with E-state index in [4.69, 9.17) is 0 Å². The molecule has 0 aromatic rings. The van der Waals surface area contributed by atoms with Crippen LogP contribution < -0.4 is 5.32 Å². The summed E-state index contributed by atoms with van der Waals surface area (Å²) in [7, 11) is 0. The first-order valence-corrected chi connectivity index (χ1v) is 5.83. The van der Waals surface area contributed by atoms with E-state index in [0.29, 0.717) is 13.0 Å². The van der Waals surface area contributed by atoms with Crippen molar-refractivity contribution in [2.75, 3.05) is 19.6 Å². The minimum absolute atomic E-state index is 0.0991. The molecule has 2 rings (SSSR count). The highest BCUT2D eigenvalue weighted by Gasteiger charge is 2.33. The summed E-state index contributed by atoms with van der Waals surface area (Å²) < 4.78 is 12.9. The third-order valence-corrected chi connectivity index (χ3v) is 3.47. The van der Waals surface area contributed by atoms with Crippen LogP contribution in [0.3, 0.4) is 0 Å². The molecule has 2 aliphatic rings. The van der Waals surface area contributed by atoms with E-state index in [1.807, 2.05) is 4.90 Å². The van der Waals surface area contributed by atoms with Crippen LogP contribution in [-0.2, 0) is 4.79 Å². The summed E-state index contributed by atoms with van der Waals surface area (Å²) in [4.78, 5) is 13.8. The highest BCUT2D eigenvalue weighted by molar-refractivity contribution is 5.82. The van der Waals surface area contributed by atoms with Gasteiger partial charge in [-0.25, -0.2) is 4.39 Å². The number of carbonyl (C=O) groups excluding carboxylic acids is 1. The number of nitrogens with one attached hydrogen (secondary N) is 1. The monoisotopic (exact) mass is 214 g/mol. The zero-order valence-corrected chi connectivity index (χ0v) is 9.21. The lowest BCUT2D eigenvalue weighted by atomic mass is 9.98. The highest BCUT2D eigenvalue weighted by Crippen LogP contribution is 2.19. The molecular weight excluding hydrogens is 195 g/mol. The molecule has 86 valence electrons. The Balaban J connectivity index is 1.85. The number of likely N-dealkylation sites (tertiary alicyclic amines) is 1. The molecule has 0 unspecified atom stereocenters. The summed E-state index contributed by atoms with van der Waals surface area (Å²) in [6, 6.07) is -0.270. The summed E-state index contributed by atoms with van der Waals surface area (Å²) in [5.74, 6) is 0.821. The molecule has 2 saturated heterocycles. The molecule has 0 bridgehead atoms. The van der Waals surface area contributed by atoms with Gasteiger partial charge in [-0.05, 0) is 18.8 Å². The predicted octanol–water partition coefficient (Wildman–Crippen LogP) is 0.945. The lowest BCUT2D eigenvalue weighted by Gasteiger charge is -2.32. The van der Waals surface area contributed by atoms with E-state index in [-0.39, 0.29) is 11.9 Å². The summed E-state index contributed by atoms with van der Waals surface area (Å²) >= 11 is 0. The van der Waals surface area contributed by atoms with Crippen LogP contribution in [0.5, 0.6) is 0 Å². The van der Waals surface area contributed by atoms with E-state index in [0.717, 1.165) is 31.8 Å². The predicted molar refractivity (Wildman–Crippen MR) is 56.3 cm³/mol. The fraction of sp³-hybridized carbons (Fsp3) is 0.909. The van der Waals surface area contributed by atoms with Gasteiger partial charge in [0.2, 0.25) is 5.91 Å². The van der Waals surface area contributed by atoms with Crippen LogP contribution in [0.1, 0.15) is 26.2 Å². The first-order valence-electron chi connectivity index (χ1n) is 5.83. The number of rotatable bonds is 1. The molecule has 2 heterocycles. The van der Waals surface area contributed by atoms with Gasteiger partial charge in [0.15, 0.2) is 0 Å². The first kappa shape index (κ1) is 10.9. The van der Waals surface area contributed by atoms with Gasteiger partial charge in [-0.15, -0.1) is 0 Å². The zero-order valence-electron chi connectivity index (χ0n) is 9.21. The van der Waals surface area contributed by atoms with Crippen molar-refractivity contribution in [3.05, 3.63) is 0 Å². The summed E-state index contributed by atoms with van der Waals surface area (Å²) in [5.41, 5.74) is 0. The Morgan fingerprint density at radius 2 is 2.07 bits per heavy atom. The van der Waals surface area contributed by atoms with Gasteiger partial charge < -0.3 is 10.2 Å². The third-order valence-electron chi connectivity index (χ3n) is 3.47. The normalized spacial score (nSPS) is 33.3. The minimum atomic E-state index is -0.845. The van der Waals surface area contributed by atoms with E-state index < -0.39 is 6.17 Å². The number of nitrogens with zero attached hydrogens (tertiary/aromatic N) is 1. The van der Waals surface area contributed by atoms with Crippen LogP contribution in [0.4, 0.5) is 4.39 Å². The zero-order chi connectivity index (χ0) is 10.8. The Morgan fingerprint density at radius 1 is 1.40 bits per heavy atom. The molecular formula is C11H19FN2O. The first-order chi connectivity index (χ1) is 7.16. The Morgan fingerprint density at radius 3 is 2.60 bits per heavy atom. The van der Waals surface area contributed by atoms with Gasteiger partial charge in [-0.2, -0.15) is 0 Å². The van der Waals surface area contributed by atoms with Gasteiger partial charge in [0.1, 0.15) is 6.17 Å². The van der Waals surface area contributed by atoms with Crippen LogP contribution in [-0.4, -0.2) is 42.7 Å². The maximum absolute atomic E-state index is 12.9. The quantitative estimate of drug-likeness (QED) is 0.704. The number of amides is 1. The summed E-state index contributed by atoms with van der Waals surface area (Å²) in [6.07, 6.45) is 1.67. The third kappa shape index (κ3) is 2.48. The van der Waals surface area contributed by atoms with Crippen molar-refractivity contribution >= 4 is 5.91 Å². The van der Waals surface area contributed by atoms with E-state index in [9.17, 15) is 9.18 Å². The van der Waals surface area contributed by atoms with Crippen molar-refractivity contribution < 1.29 is 9.18 Å². The SMILES string of the molecule is CC1CCN(C(=O)[C@@H]2C[C@@H](F)CN2)CC1. The lowest BCUT2D eigenvalue weighted by molar-refractivity contribution is -0.134. The second-order valence-corrected chi connectivity index (χ2v) is 4.80. The number of hydrogen-bond donors (Lipinski definition) is 1. The molecule has 0 aromatic heterocycles. The molecule has 0 aliphatic carbocycles. The number of hydrogen-bond acceptors (Lipinski definition) is 2. The maximum Gasteiger partial charge on any atom is 0.239 e.